The second kappa shape index (κ2) is 54.2. The number of hydrogen-bond acceptors (Lipinski definition) is 22. The quantitative estimate of drug-likeness (QED) is 0.0116. The highest BCUT2D eigenvalue weighted by atomic mass is 32.1. The Hall–Kier alpha value is -10.5. The molecule has 0 aliphatic heterocycles. The van der Waals surface area contributed by atoms with Crippen molar-refractivity contribution in [3.63, 3.8) is 0 Å². The average Bonchev–Trinajstić information content (AvgIpc) is 0.866. The number of aliphatic carboxylic acids is 1. The van der Waals surface area contributed by atoms with Crippen molar-refractivity contribution >= 4 is 119 Å². The second-order valence-corrected chi connectivity index (χ2v) is 24.0. The van der Waals surface area contributed by atoms with Crippen molar-refractivity contribution in [2.24, 2.45) is 122 Å². The molecule has 11 amide bonds. The van der Waals surface area contributed by atoms with Gasteiger partial charge in [0.25, 0.3) is 0 Å². The first kappa shape index (κ1) is 93.5. The van der Waals surface area contributed by atoms with Gasteiger partial charge >= 0.3 is 5.97 Å². The number of primary amides is 1. The van der Waals surface area contributed by atoms with Gasteiger partial charge in [-0.2, -0.15) is 12.6 Å². The monoisotopic (exact) mass is 1500 g/mol. The molecule has 0 spiro atoms. The number of nitrogens with one attached hydrogen (secondary N) is 10. The smallest absolute Gasteiger partial charge is 0.327 e. The topological polar surface area (TPSA) is 836 Å². The molecular weight excluding hydrogens is 1380 g/mol. The fraction of sp³-hybridized carbons (Fsp3) is 0.690. The highest BCUT2D eigenvalue weighted by Crippen LogP contribution is 2.13. The van der Waals surface area contributed by atoms with Crippen LogP contribution in [-0.2, 0) is 57.5 Å². The van der Waals surface area contributed by atoms with Crippen LogP contribution in [0.15, 0.2) is 30.0 Å². The van der Waals surface area contributed by atoms with Gasteiger partial charge in [-0.15, -0.1) is 0 Å². The van der Waals surface area contributed by atoms with Crippen LogP contribution in [0.1, 0.15) is 128 Å². The molecule has 0 aliphatic rings. The zero-order valence-corrected chi connectivity index (χ0v) is 59.6. The van der Waals surface area contributed by atoms with Gasteiger partial charge < -0.3 is 150 Å². The molecule has 0 rings (SSSR count). The number of rotatable bonds is 57. The summed E-state index contributed by atoms with van der Waals surface area (Å²) in [5.74, 6) is -13.8. The Labute approximate surface area is 608 Å². The van der Waals surface area contributed by atoms with Crippen molar-refractivity contribution in [3.8, 4) is 0 Å². The number of carbonyl (C=O) groups is 12. The predicted molar refractivity (Wildman–Crippen MR) is 394 cm³/mol. The van der Waals surface area contributed by atoms with Gasteiger partial charge in [-0.25, -0.2) is 4.79 Å². The van der Waals surface area contributed by atoms with E-state index in [0.29, 0.717) is 19.3 Å². The van der Waals surface area contributed by atoms with E-state index in [2.05, 4.69) is 95.8 Å². The lowest BCUT2D eigenvalue weighted by atomic mass is 10.0. The Bertz CT molecular complexity index is 2920. The molecule has 590 valence electrons. The molecule has 0 fully saturated rings. The number of amides is 11. The first-order valence-corrected chi connectivity index (χ1v) is 34.4. The molecule has 0 heterocycles. The van der Waals surface area contributed by atoms with Crippen molar-refractivity contribution in [3.05, 3.63) is 0 Å². The van der Waals surface area contributed by atoms with Gasteiger partial charge in [0.05, 0.1) is 6.54 Å². The van der Waals surface area contributed by atoms with Gasteiger partial charge in [0.15, 0.2) is 35.8 Å². The average molecular weight is 1500 g/mol. The highest BCUT2D eigenvalue weighted by molar-refractivity contribution is 7.80. The summed E-state index contributed by atoms with van der Waals surface area (Å²) in [4.78, 5) is 190. The van der Waals surface area contributed by atoms with Crippen LogP contribution in [0.2, 0.25) is 0 Å². The van der Waals surface area contributed by atoms with Gasteiger partial charge in [0.1, 0.15) is 60.4 Å². The molecule has 0 unspecified atom stereocenters. The molecular formula is C58H114N32O13S. The fourth-order valence-electron chi connectivity index (χ4n) is 9.60. The minimum atomic E-state index is -1.74. The number of nitrogens with zero attached hydrogens (tertiary/aromatic N) is 6. The molecule has 0 saturated carbocycles. The molecule has 0 saturated heterocycles. The maximum atomic E-state index is 14.8. The Morgan fingerprint density at radius 1 is 0.279 bits per heavy atom. The van der Waals surface area contributed by atoms with E-state index in [1.54, 1.807) is 0 Å². The Kier molecular flexibility index (Phi) is 48.7. The van der Waals surface area contributed by atoms with Gasteiger partial charge in [0, 0.05) is 51.4 Å². The largest absolute Gasteiger partial charge is 0.480 e. The summed E-state index contributed by atoms with van der Waals surface area (Å²) < 4.78 is 0. The number of hydrogen-bond donors (Lipinski definition) is 28. The van der Waals surface area contributed by atoms with Crippen LogP contribution in [0.3, 0.4) is 0 Å². The Morgan fingerprint density at radius 3 is 0.644 bits per heavy atom. The third-order valence-electron chi connectivity index (χ3n) is 14.9. The summed E-state index contributed by atoms with van der Waals surface area (Å²) in [7, 11) is 0. The number of carboxylic acid groups (broad SMARTS) is 1. The minimum absolute atomic E-state index is 0.0138. The number of thiol groups is 1. The number of aliphatic imine (C=N–C) groups is 6. The third-order valence-corrected chi connectivity index (χ3v) is 15.3. The van der Waals surface area contributed by atoms with Gasteiger partial charge in [0.2, 0.25) is 65.0 Å². The summed E-state index contributed by atoms with van der Waals surface area (Å²) in [5, 5.41) is 35.3. The predicted octanol–water partition coefficient (Wildman–Crippen LogP) is -12.3. The van der Waals surface area contributed by atoms with Crippen LogP contribution in [0.4, 0.5) is 0 Å². The molecule has 0 aliphatic carbocycles. The molecule has 0 radical (unpaired) electrons. The highest BCUT2D eigenvalue weighted by Gasteiger charge is 2.36. The minimum Gasteiger partial charge on any atom is -0.480 e. The van der Waals surface area contributed by atoms with E-state index in [-0.39, 0.29) is 190 Å². The van der Waals surface area contributed by atoms with Crippen molar-refractivity contribution in [1.82, 2.24) is 53.2 Å². The summed E-state index contributed by atoms with van der Waals surface area (Å²) in [6, 6.07) is -14.9. The van der Waals surface area contributed by atoms with E-state index < -0.39 is 151 Å². The zero-order valence-electron chi connectivity index (χ0n) is 58.7. The van der Waals surface area contributed by atoms with Crippen LogP contribution >= 0.6 is 12.6 Å². The zero-order chi connectivity index (χ0) is 78.7. The maximum absolute atomic E-state index is 14.8. The standard InChI is InChI=1S/C58H114N32O13S/c59-21-3-1-11-32(82-43(93)31(81-42(92)29-61)13-5-23-75-53(63)64)44(94)83-33(12-2-4-22-60)45(95)84-34(14-6-24-76-54(65)66)46(96)86-37(17-9-27-79-57(71)72)49(99)89-39(19-20-41(62)91)51(101)88-36(16-8-26-78-56(69)70)48(98)85-35(15-7-25-77-55(67)68)47(97)87-38(18-10-28-80-58(73)74)50(100)90-40(30-104)52(102)103/h31-40,104H,1-30,59-61H2,(H2,62,91)(H,81,92)(H,82,93)(H,83,94)(H,84,95)(H,85,98)(H,86,96)(H,87,97)(H,88,101)(H,89,99)(H,90,100)(H,102,103)(H4,63,64,75)(H4,65,66,76)(H4,67,68,77)(H4,69,70,78)(H4,71,72,79)(H4,73,74,80)/t31-,32-,33-,34-,35-,36-,37-,38-,39-,40-/m0/s1. The number of unbranched alkanes of at least 4 members (excludes halogenated alkanes) is 2. The fourth-order valence-corrected chi connectivity index (χ4v) is 9.85. The van der Waals surface area contributed by atoms with E-state index in [9.17, 15) is 62.6 Å². The summed E-state index contributed by atoms with van der Waals surface area (Å²) in [5.41, 5.74) is 89.1. The van der Waals surface area contributed by atoms with E-state index in [1.807, 2.05) is 0 Å². The molecule has 0 aromatic rings. The lowest BCUT2D eigenvalue weighted by molar-refractivity contribution is -0.141. The number of guanidine groups is 6. The van der Waals surface area contributed by atoms with Crippen molar-refractivity contribution in [2.45, 2.75) is 189 Å². The first-order chi connectivity index (χ1) is 49.2. The van der Waals surface area contributed by atoms with E-state index in [0.717, 1.165) is 0 Å². The molecule has 46 heteroatoms. The van der Waals surface area contributed by atoms with Crippen LogP contribution in [0, 0.1) is 0 Å². The Balaban J connectivity index is 7.75. The van der Waals surface area contributed by atoms with E-state index in [4.69, 9.17) is 91.7 Å². The van der Waals surface area contributed by atoms with Crippen molar-refractivity contribution < 1.29 is 62.6 Å². The van der Waals surface area contributed by atoms with Gasteiger partial charge in [-0.1, -0.05) is 0 Å². The van der Waals surface area contributed by atoms with Crippen LogP contribution in [0.25, 0.3) is 0 Å². The molecule has 0 aromatic carbocycles. The van der Waals surface area contributed by atoms with Gasteiger partial charge in [-0.05, 0) is 135 Å². The normalized spacial score (nSPS) is 13.6. The van der Waals surface area contributed by atoms with Crippen molar-refractivity contribution in [1.29, 1.82) is 0 Å². The number of carboxylic acids is 1. The molecule has 45 nitrogen and oxygen atoms in total. The molecule has 10 atom stereocenters. The molecule has 0 bridgehead atoms. The number of carbonyl (C=O) groups excluding carboxylic acids is 11. The van der Waals surface area contributed by atoms with E-state index >= 15 is 0 Å². The summed E-state index contributed by atoms with van der Waals surface area (Å²) in [6.45, 7) is -0.329. The lowest BCUT2D eigenvalue weighted by Gasteiger charge is -2.28. The van der Waals surface area contributed by atoms with Crippen molar-refractivity contribution in [2.75, 3.05) is 64.7 Å². The number of nitrogens with two attached hydrogens (primary N) is 16. The summed E-state index contributed by atoms with van der Waals surface area (Å²) >= 11 is 4.00. The first-order valence-electron chi connectivity index (χ1n) is 33.8. The lowest BCUT2D eigenvalue weighted by Crippen LogP contribution is -2.60. The Morgan fingerprint density at radius 2 is 0.471 bits per heavy atom. The second-order valence-electron chi connectivity index (χ2n) is 23.7. The summed E-state index contributed by atoms with van der Waals surface area (Å²) in [6.07, 6.45) is -0.543. The molecule has 0 aromatic heterocycles. The van der Waals surface area contributed by atoms with E-state index in [1.165, 1.54) is 0 Å². The van der Waals surface area contributed by atoms with Crippen LogP contribution in [-0.4, -0.2) is 237 Å². The molecule has 104 heavy (non-hydrogen) atoms. The maximum Gasteiger partial charge on any atom is 0.327 e. The van der Waals surface area contributed by atoms with Crippen LogP contribution in [0.5, 0.6) is 0 Å². The van der Waals surface area contributed by atoms with Crippen LogP contribution < -0.4 is 145 Å². The third kappa shape index (κ3) is 44.0. The van der Waals surface area contributed by atoms with Gasteiger partial charge in [-0.3, -0.25) is 82.7 Å². The molecule has 43 N–H and O–H groups in total. The SMILES string of the molecule is NCCCC[C@H](NC(=O)[C@H](CCCN=C(N)N)NC(=O)CN)C(=O)N[C@@H](CCCCN)C(=O)N[C@@H](CCCN=C(N)N)C(=O)N[C@@H](CCCN=C(N)N)C(=O)N[C@@H](CCC(N)=O)C(=O)N[C@@H](CCCN=C(N)N)C(=O)N[C@@H](CCCN=C(N)N)C(=O)N[C@@H](CCCN=C(N)N)C(=O)N[C@@H](CS)C(=O)O.